The van der Waals surface area contributed by atoms with E-state index < -0.39 is 0 Å². The van der Waals surface area contributed by atoms with Gasteiger partial charge in [0.25, 0.3) is 0 Å². The summed E-state index contributed by atoms with van der Waals surface area (Å²) in [5.41, 5.74) is 0.909. The quantitative estimate of drug-likeness (QED) is 0.760. The summed E-state index contributed by atoms with van der Waals surface area (Å²) >= 11 is 6.52. The van der Waals surface area contributed by atoms with Crippen LogP contribution in [0.2, 0.25) is 0 Å². The Labute approximate surface area is 145 Å². The maximum Gasteiger partial charge on any atom is 0.240 e. The van der Waals surface area contributed by atoms with Gasteiger partial charge in [-0.05, 0) is 47.3 Å². The van der Waals surface area contributed by atoms with E-state index in [9.17, 15) is 4.79 Å². The van der Waals surface area contributed by atoms with E-state index in [0.717, 1.165) is 27.5 Å². The number of carbonyl (C=O) groups is 1. The van der Waals surface area contributed by atoms with Crippen LogP contribution >= 0.6 is 51.0 Å². The van der Waals surface area contributed by atoms with Crippen molar-refractivity contribution in [3.05, 3.63) is 21.3 Å². The van der Waals surface area contributed by atoms with Crippen molar-refractivity contribution in [1.82, 2.24) is 10.3 Å². The largest absolute Gasteiger partial charge is 0.308 e. The molecule has 0 atom stereocenters. The van der Waals surface area contributed by atoms with Crippen molar-refractivity contribution in [2.45, 2.75) is 12.8 Å². The average Bonchev–Trinajstić information content (AvgIpc) is 2.94. The SMILES string of the molecule is Cl.O=C(CNCC1CC1)Nc1nc(-c2cc(Br)cs2)cs1. The maximum atomic E-state index is 11.8. The minimum absolute atomic E-state index is 0. The Morgan fingerprint density at radius 1 is 1.38 bits per heavy atom. The molecule has 1 aliphatic rings. The van der Waals surface area contributed by atoms with E-state index in [4.69, 9.17) is 0 Å². The lowest BCUT2D eigenvalue weighted by molar-refractivity contribution is -0.115. The predicted octanol–water partition coefficient (Wildman–Crippen LogP) is 3.99. The van der Waals surface area contributed by atoms with Gasteiger partial charge >= 0.3 is 0 Å². The number of nitrogens with zero attached hydrogens (tertiary/aromatic N) is 1. The number of hydrogen-bond donors (Lipinski definition) is 2. The van der Waals surface area contributed by atoms with Gasteiger partial charge in [-0.2, -0.15) is 0 Å². The number of anilines is 1. The second-order valence-corrected chi connectivity index (χ2v) is 7.47. The minimum Gasteiger partial charge on any atom is -0.308 e. The highest BCUT2D eigenvalue weighted by atomic mass is 79.9. The fraction of sp³-hybridized carbons (Fsp3) is 0.385. The van der Waals surface area contributed by atoms with Gasteiger partial charge in [-0.1, -0.05) is 0 Å². The van der Waals surface area contributed by atoms with Gasteiger partial charge in [-0.25, -0.2) is 4.98 Å². The number of carbonyl (C=O) groups excluding carboxylic acids is 1. The number of thiazole rings is 1. The Hall–Kier alpha value is -0.470. The molecule has 0 radical (unpaired) electrons. The molecule has 1 saturated carbocycles. The number of thiophene rings is 1. The van der Waals surface area contributed by atoms with Crippen LogP contribution in [0.15, 0.2) is 21.3 Å². The lowest BCUT2D eigenvalue weighted by atomic mass is 10.4. The number of halogens is 2. The highest BCUT2D eigenvalue weighted by Gasteiger charge is 2.20. The van der Waals surface area contributed by atoms with Gasteiger partial charge < -0.3 is 10.6 Å². The van der Waals surface area contributed by atoms with E-state index in [0.29, 0.717) is 11.7 Å². The minimum atomic E-state index is -0.0288. The normalized spacial score (nSPS) is 13.8. The lowest BCUT2D eigenvalue weighted by Gasteiger charge is -2.03. The molecule has 3 rings (SSSR count). The lowest BCUT2D eigenvalue weighted by Crippen LogP contribution is -2.29. The molecule has 1 amide bonds. The van der Waals surface area contributed by atoms with Gasteiger partial charge in [0.2, 0.25) is 5.91 Å². The third-order valence-corrected chi connectivity index (χ3v) is 5.46. The number of amides is 1. The summed E-state index contributed by atoms with van der Waals surface area (Å²) in [4.78, 5) is 17.3. The molecule has 1 aliphatic carbocycles. The Bertz CT molecular complexity index is 612. The average molecular weight is 409 g/mol. The highest BCUT2D eigenvalue weighted by molar-refractivity contribution is 9.10. The summed E-state index contributed by atoms with van der Waals surface area (Å²) < 4.78 is 1.06. The molecule has 0 spiro atoms. The van der Waals surface area contributed by atoms with Crippen LogP contribution in [-0.2, 0) is 4.79 Å². The number of hydrogen-bond acceptors (Lipinski definition) is 5. The van der Waals surface area contributed by atoms with Gasteiger partial charge in [0.05, 0.1) is 17.1 Å². The third kappa shape index (κ3) is 5.03. The molecule has 4 nitrogen and oxygen atoms in total. The molecule has 1 fully saturated rings. The first-order valence-corrected chi connectivity index (χ1v) is 8.96. The predicted molar refractivity (Wildman–Crippen MR) is 94.6 cm³/mol. The number of nitrogens with one attached hydrogen (secondary N) is 2. The molecule has 8 heteroatoms. The summed E-state index contributed by atoms with van der Waals surface area (Å²) in [5, 5.41) is 10.6. The van der Waals surface area contributed by atoms with Crippen molar-refractivity contribution < 1.29 is 4.79 Å². The molecule has 21 heavy (non-hydrogen) atoms. The van der Waals surface area contributed by atoms with Crippen LogP contribution in [0.5, 0.6) is 0 Å². The van der Waals surface area contributed by atoms with E-state index in [1.54, 1.807) is 11.3 Å². The van der Waals surface area contributed by atoms with Crippen molar-refractivity contribution in [1.29, 1.82) is 0 Å². The monoisotopic (exact) mass is 407 g/mol. The molecule has 0 bridgehead atoms. The van der Waals surface area contributed by atoms with Gasteiger partial charge in [0, 0.05) is 15.2 Å². The Kier molecular flexibility index (Phi) is 6.19. The van der Waals surface area contributed by atoms with Crippen molar-refractivity contribution in [3.8, 4) is 10.6 Å². The fourth-order valence-corrected chi connectivity index (χ4v) is 3.96. The van der Waals surface area contributed by atoms with E-state index in [-0.39, 0.29) is 18.3 Å². The second-order valence-electron chi connectivity index (χ2n) is 4.79. The zero-order chi connectivity index (χ0) is 13.9. The van der Waals surface area contributed by atoms with Crippen molar-refractivity contribution in [2.24, 2.45) is 5.92 Å². The van der Waals surface area contributed by atoms with Crippen molar-refractivity contribution in [2.75, 3.05) is 18.4 Å². The van der Waals surface area contributed by atoms with E-state index in [2.05, 4.69) is 31.5 Å². The van der Waals surface area contributed by atoms with Gasteiger partial charge in [-0.15, -0.1) is 35.1 Å². The second kappa shape index (κ2) is 7.69. The van der Waals surface area contributed by atoms with Gasteiger partial charge in [0.1, 0.15) is 0 Å². The van der Waals surface area contributed by atoms with Crippen LogP contribution in [0.25, 0.3) is 10.6 Å². The standard InChI is InChI=1S/C13H14BrN3OS2.ClH/c14-9-3-11(19-6-9)10-7-20-13(16-10)17-12(18)5-15-4-8-1-2-8;/h3,6-8,15H,1-2,4-5H2,(H,16,17,18);1H. The first-order chi connectivity index (χ1) is 9.70. The van der Waals surface area contributed by atoms with Crippen LogP contribution < -0.4 is 10.6 Å². The molecular weight excluding hydrogens is 394 g/mol. The van der Waals surface area contributed by atoms with Crippen molar-refractivity contribution >= 4 is 62.0 Å². The van der Waals surface area contributed by atoms with Crippen molar-refractivity contribution in [3.63, 3.8) is 0 Å². The van der Waals surface area contributed by atoms with Crippen LogP contribution in [0.4, 0.5) is 5.13 Å². The molecule has 114 valence electrons. The summed E-state index contributed by atoms with van der Waals surface area (Å²) in [7, 11) is 0. The van der Waals surface area contributed by atoms with Crippen LogP contribution in [0, 0.1) is 5.92 Å². The molecule has 2 aromatic heterocycles. The Balaban J connectivity index is 0.00000161. The first-order valence-electron chi connectivity index (χ1n) is 6.41. The number of rotatable bonds is 6. The summed E-state index contributed by atoms with van der Waals surface area (Å²) in [5.74, 6) is 0.755. The molecule has 0 unspecified atom stereocenters. The first kappa shape index (κ1) is 16.9. The molecule has 2 N–H and O–H groups in total. The van der Waals surface area contributed by atoms with Gasteiger partial charge in [-0.3, -0.25) is 4.79 Å². The Morgan fingerprint density at radius 2 is 2.19 bits per heavy atom. The van der Waals surface area contributed by atoms with Crippen LogP contribution in [-0.4, -0.2) is 24.0 Å². The maximum absolute atomic E-state index is 11.8. The highest BCUT2D eigenvalue weighted by Crippen LogP contribution is 2.32. The van der Waals surface area contributed by atoms with E-state index in [1.165, 1.54) is 24.2 Å². The van der Waals surface area contributed by atoms with Crippen LogP contribution in [0.1, 0.15) is 12.8 Å². The number of aromatic nitrogens is 1. The summed E-state index contributed by atoms with van der Waals surface area (Å²) in [6.07, 6.45) is 2.58. The molecule has 2 heterocycles. The van der Waals surface area contributed by atoms with E-state index >= 15 is 0 Å². The zero-order valence-electron chi connectivity index (χ0n) is 11.1. The topological polar surface area (TPSA) is 54.0 Å². The van der Waals surface area contributed by atoms with E-state index in [1.807, 2.05) is 16.8 Å². The molecule has 0 aromatic carbocycles. The molecular formula is C13H15BrClN3OS2. The third-order valence-electron chi connectivity index (χ3n) is 2.99. The van der Waals surface area contributed by atoms with Crippen LogP contribution in [0.3, 0.4) is 0 Å². The summed E-state index contributed by atoms with van der Waals surface area (Å²) in [6, 6.07) is 2.03. The smallest absolute Gasteiger partial charge is 0.240 e. The molecule has 0 saturated heterocycles. The fourth-order valence-electron chi connectivity index (χ4n) is 1.77. The zero-order valence-corrected chi connectivity index (χ0v) is 15.1. The van der Waals surface area contributed by atoms with Gasteiger partial charge in [0.15, 0.2) is 5.13 Å². The molecule has 0 aliphatic heterocycles. The summed E-state index contributed by atoms with van der Waals surface area (Å²) in [6.45, 7) is 1.30. The molecule has 2 aromatic rings. The Morgan fingerprint density at radius 3 is 2.86 bits per heavy atom.